The van der Waals surface area contributed by atoms with Gasteiger partial charge in [0.1, 0.15) is 0 Å². The molecular weight excluding hydrogens is 324 g/mol. The van der Waals surface area contributed by atoms with E-state index in [0.29, 0.717) is 5.92 Å². The molecule has 1 saturated carbocycles. The van der Waals surface area contributed by atoms with Gasteiger partial charge in [0.2, 0.25) is 0 Å². The predicted molar refractivity (Wildman–Crippen MR) is 103 cm³/mol. The van der Waals surface area contributed by atoms with Crippen molar-refractivity contribution in [2.24, 2.45) is 0 Å². The fourth-order valence-electron chi connectivity index (χ4n) is 3.63. The summed E-state index contributed by atoms with van der Waals surface area (Å²) in [5.74, 6) is 2.64. The molecule has 0 radical (unpaired) electrons. The van der Waals surface area contributed by atoms with Gasteiger partial charge in [-0.15, -0.1) is 5.10 Å². The lowest BCUT2D eigenvalue weighted by molar-refractivity contribution is 0.635. The molecule has 1 saturated heterocycles. The summed E-state index contributed by atoms with van der Waals surface area (Å²) in [4.78, 5) is 14.2. The number of rotatable bonds is 3. The minimum Gasteiger partial charge on any atom is -0.352 e. The molecule has 2 fully saturated rings. The Kier molecular flexibility index (Phi) is 3.69. The maximum absolute atomic E-state index is 4.85. The van der Waals surface area contributed by atoms with Crippen molar-refractivity contribution in [2.75, 3.05) is 36.0 Å². The summed E-state index contributed by atoms with van der Waals surface area (Å²) in [5.41, 5.74) is 4.05. The minimum absolute atomic E-state index is 0.655. The van der Waals surface area contributed by atoms with E-state index >= 15 is 0 Å². The summed E-state index contributed by atoms with van der Waals surface area (Å²) in [5, 5.41) is 8.86. The van der Waals surface area contributed by atoms with E-state index < -0.39 is 0 Å². The maximum atomic E-state index is 4.85. The summed E-state index contributed by atoms with van der Waals surface area (Å²) < 4.78 is 0. The Morgan fingerprint density at radius 3 is 2.15 bits per heavy atom. The van der Waals surface area contributed by atoms with E-state index in [-0.39, 0.29) is 0 Å². The molecule has 26 heavy (non-hydrogen) atoms. The standard InChI is InChI=1S/C20H22N6/c1-14-20(22-18-5-3-2-4-17(18)21-14)26-12-10-25(11-13-26)19-9-8-16(23-24-19)15-6-7-15/h2-5,8-9,15H,6-7,10-13H2,1H3. The summed E-state index contributed by atoms with van der Waals surface area (Å²) >= 11 is 0. The van der Waals surface area contributed by atoms with E-state index in [1.807, 2.05) is 31.2 Å². The molecular formula is C20H22N6. The van der Waals surface area contributed by atoms with E-state index in [4.69, 9.17) is 9.97 Å². The van der Waals surface area contributed by atoms with Crippen LogP contribution in [-0.4, -0.2) is 46.3 Å². The number of hydrogen-bond donors (Lipinski definition) is 0. The zero-order valence-electron chi connectivity index (χ0n) is 15.0. The highest BCUT2D eigenvalue weighted by atomic mass is 15.3. The van der Waals surface area contributed by atoms with Crippen molar-refractivity contribution in [3.05, 3.63) is 47.8 Å². The average molecular weight is 346 g/mol. The van der Waals surface area contributed by atoms with Crippen molar-refractivity contribution in [2.45, 2.75) is 25.7 Å². The van der Waals surface area contributed by atoms with Crippen molar-refractivity contribution in [1.82, 2.24) is 20.2 Å². The fourth-order valence-corrected chi connectivity index (χ4v) is 3.63. The number of nitrogens with zero attached hydrogens (tertiary/aromatic N) is 6. The first-order valence-electron chi connectivity index (χ1n) is 9.35. The van der Waals surface area contributed by atoms with Crippen LogP contribution in [0, 0.1) is 6.92 Å². The number of para-hydroxylation sites is 2. The second kappa shape index (κ2) is 6.20. The van der Waals surface area contributed by atoms with Gasteiger partial charge < -0.3 is 9.80 Å². The molecule has 132 valence electrons. The van der Waals surface area contributed by atoms with E-state index in [1.165, 1.54) is 12.8 Å². The van der Waals surface area contributed by atoms with Gasteiger partial charge >= 0.3 is 0 Å². The lowest BCUT2D eigenvalue weighted by atomic mass is 10.2. The zero-order valence-corrected chi connectivity index (χ0v) is 15.0. The van der Waals surface area contributed by atoms with Gasteiger partial charge in [-0.05, 0) is 44.0 Å². The average Bonchev–Trinajstić information content (AvgIpc) is 3.53. The van der Waals surface area contributed by atoms with E-state index in [0.717, 1.165) is 60.2 Å². The molecule has 1 aromatic carbocycles. The van der Waals surface area contributed by atoms with Gasteiger partial charge in [-0.1, -0.05) is 12.1 Å². The van der Waals surface area contributed by atoms with Gasteiger partial charge in [0.25, 0.3) is 0 Å². The van der Waals surface area contributed by atoms with E-state index in [9.17, 15) is 0 Å². The number of anilines is 2. The third-order valence-electron chi connectivity index (χ3n) is 5.29. The maximum Gasteiger partial charge on any atom is 0.151 e. The Morgan fingerprint density at radius 2 is 1.50 bits per heavy atom. The monoisotopic (exact) mass is 346 g/mol. The molecule has 1 aliphatic heterocycles. The summed E-state index contributed by atoms with van der Waals surface area (Å²) in [6.45, 7) is 5.72. The van der Waals surface area contributed by atoms with Gasteiger partial charge in [0.15, 0.2) is 11.6 Å². The number of aryl methyl sites for hydroxylation is 1. The van der Waals surface area contributed by atoms with Crippen LogP contribution in [0.5, 0.6) is 0 Å². The van der Waals surface area contributed by atoms with Crippen LogP contribution in [0.2, 0.25) is 0 Å². The van der Waals surface area contributed by atoms with Crippen LogP contribution in [0.15, 0.2) is 36.4 Å². The summed E-state index contributed by atoms with van der Waals surface area (Å²) in [6.07, 6.45) is 2.53. The molecule has 0 amide bonds. The molecule has 0 atom stereocenters. The number of fused-ring (bicyclic) bond motifs is 1. The van der Waals surface area contributed by atoms with Crippen LogP contribution in [0.3, 0.4) is 0 Å². The van der Waals surface area contributed by atoms with Gasteiger partial charge in [-0.3, -0.25) is 0 Å². The minimum atomic E-state index is 0.655. The van der Waals surface area contributed by atoms with E-state index in [2.05, 4.69) is 32.1 Å². The van der Waals surface area contributed by atoms with Gasteiger partial charge in [0, 0.05) is 32.1 Å². The fraction of sp³-hybridized carbons (Fsp3) is 0.400. The molecule has 2 aliphatic rings. The lowest BCUT2D eigenvalue weighted by Gasteiger charge is -2.36. The van der Waals surface area contributed by atoms with Crippen LogP contribution < -0.4 is 9.80 Å². The number of benzene rings is 1. The zero-order chi connectivity index (χ0) is 17.5. The molecule has 6 heteroatoms. The third-order valence-corrected chi connectivity index (χ3v) is 5.29. The van der Waals surface area contributed by atoms with E-state index in [1.54, 1.807) is 0 Å². The Balaban J connectivity index is 1.31. The molecule has 3 aromatic rings. The first-order chi connectivity index (χ1) is 12.8. The third kappa shape index (κ3) is 2.85. The molecule has 0 unspecified atom stereocenters. The highest BCUT2D eigenvalue weighted by Gasteiger charge is 2.26. The smallest absolute Gasteiger partial charge is 0.151 e. The predicted octanol–water partition coefficient (Wildman–Crippen LogP) is 2.93. The SMILES string of the molecule is Cc1nc2ccccc2nc1N1CCN(c2ccc(C3CC3)nn2)CC1. The first kappa shape index (κ1) is 15.5. The molecule has 5 rings (SSSR count). The molecule has 3 heterocycles. The first-order valence-corrected chi connectivity index (χ1v) is 9.35. The molecule has 0 spiro atoms. The highest BCUT2D eigenvalue weighted by Crippen LogP contribution is 2.38. The number of piperazine rings is 1. The molecule has 0 N–H and O–H groups in total. The number of hydrogen-bond acceptors (Lipinski definition) is 6. The van der Waals surface area contributed by atoms with Crippen molar-refractivity contribution >= 4 is 22.7 Å². The topological polar surface area (TPSA) is 58.0 Å². The van der Waals surface area contributed by atoms with Gasteiger partial charge in [0.05, 0.1) is 22.4 Å². The Bertz CT molecular complexity index is 927. The Morgan fingerprint density at radius 1 is 0.808 bits per heavy atom. The summed E-state index contributed by atoms with van der Waals surface area (Å²) in [6, 6.07) is 12.3. The van der Waals surface area contributed by atoms with Gasteiger partial charge in [-0.2, -0.15) is 5.10 Å². The highest BCUT2D eigenvalue weighted by molar-refractivity contribution is 5.76. The van der Waals surface area contributed by atoms with Crippen LogP contribution in [0.1, 0.15) is 30.1 Å². The number of aromatic nitrogens is 4. The van der Waals surface area contributed by atoms with Crippen LogP contribution in [-0.2, 0) is 0 Å². The largest absolute Gasteiger partial charge is 0.352 e. The quantitative estimate of drug-likeness (QED) is 0.727. The van der Waals surface area contributed by atoms with Crippen molar-refractivity contribution in [1.29, 1.82) is 0 Å². The molecule has 2 aromatic heterocycles. The normalized spacial score (nSPS) is 17.7. The van der Waals surface area contributed by atoms with Crippen molar-refractivity contribution in [3.63, 3.8) is 0 Å². The molecule has 1 aliphatic carbocycles. The van der Waals surface area contributed by atoms with Crippen molar-refractivity contribution in [3.8, 4) is 0 Å². The molecule has 0 bridgehead atoms. The van der Waals surface area contributed by atoms with Gasteiger partial charge in [-0.25, -0.2) is 9.97 Å². The van der Waals surface area contributed by atoms with Crippen LogP contribution in [0.4, 0.5) is 11.6 Å². The lowest BCUT2D eigenvalue weighted by Crippen LogP contribution is -2.47. The second-order valence-corrected chi connectivity index (χ2v) is 7.19. The molecule has 6 nitrogen and oxygen atoms in total. The Labute approximate surface area is 152 Å². The van der Waals surface area contributed by atoms with Crippen LogP contribution >= 0.6 is 0 Å². The van der Waals surface area contributed by atoms with Crippen LogP contribution in [0.25, 0.3) is 11.0 Å². The Hall–Kier alpha value is -2.76. The second-order valence-electron chi connectivity index (χ2n) is 7.19. The van der Waals surface area contributed by atoms with Crippen molar-refractivity contribution < 1.29 is 0 Å². The summed E-state index contributed by atoms with van der Waals surface area (Å²) in [7, 11) is 0.